The zero-order valence-corrected chi connectivity index (χ0v) is 15.2. The Morgan fingerprint density at radius 2 is 1.75 bits per heavy atom. The molecular formula is C18H18BrNO4. The molecule has 5 nitrogen and oxygen atoms in total. The normalized spacial score (nSPS) is 11.7. The van der Waals surface area contributed by atoms with E-state index in [4.69, 9.17) is 4.74 Å². The topological polar surface area (TPSA) is 75.6 Å². The SMILES string of the molecule is Cc1ccc(NC(=O)[C@@H](C)OC(=O)c2cc(C)ccc2O)c(Br)c1. The summed E-state index contributed by atoms with van der Waals surface area (Å²) in [5, 5.41) is 12.4. The number of phenolic OH excluding ortho intramolecular Hbond substituents is 1. The molecule has 1 amide bonds. The van der Waals surface area contributed by atoms with Crippen LogP contribution >= 0.6 is 15.9 Å². The third-order valence-corrected chi connectivity index (χ3v) is 4.06. The summed E-state index contributed by atoms with van der Waals surface area (Å²) >= 11 is 3.37. The van der Waals surface area contributed by atoms with Crippen molar-refractivity contribution in [1.29, 1.82) is 0 Å². The molecule has 2 N–H and O–H groups in total. The average molecular weight is 392 g/mol. The minimum atomic E-state index is -1.01. The van der Waals surface area contributed by atoms with Crippen molar-refractivity contribution in [3.05, 3.63) is 57.6 Å². The molecule has 0 spiro atoms. The molecule has 0 aliphatic rings. The Labute approximate surface area is 148 Å². The third-order valence-electron chi connectivity index (χ3n) is 3.41. The number of halogens is 1. The number of nitrogens with one attached hydrogen (secondary N) is 1. The predicted octanol–water partition coefficient (Wildman–Crippen LogP) is 3.96. The number of amides is 1. The minimum absolute atomic E-state index is 0.0335. The van der Waals surface area contributed by atoms with Crippen LogP contribution in [0, 0.1) is 13.8 Å². The minimum Gasteiger partial charge on any atom is -0.507 e. The molecule has 6 heteroatoms. The van der Waals surface area contributed by atoms with Crippen molar-refractivity contribution in [1.82, 2.24) is 0 Å². The number of esters is 1. The first-order valence-electron chi connectivity index (χ1n) is 7.35. The predicted molar refractivity (Wildman–Crippen MR) is 95.2 cm³/mol. The first kappa shape index (κ1) is 18.0. The lowest BCUT2D eigenvalue weighted by molar-refractivity contribution is -0.123. The van der Waals surface area contributed by atoms with Gasteiger partial charge in [-0.3, -0.25) is 4.79 Å². The van der Waals surface area contributed by atoms with Crippen LogP contribution in [-0.4, -0.2) is 23.1 Å². The Morgan fingerprint density at radius 1 is 1.12 bits per heavy atom. The Morgan fingerprint density at radius 3 is 2.42 bits per heavy atom. The van der Waals surface area contributed by atoms with Crippen molar-refractivity contribution >= 4 is 33.5 Å². The van der Waals surface area contributed by atoms with Crippen LogP contribution in [0.3, 0.4) is 0 Å². The second-order valence-corrected chi connectivity index (χ2v) is 6.40. The third kappa shape index (κ3) is 4.35. The molecule has 0 heterocycles. The lowest BCUT2D eigenvalue weighted by atomic mass is 10.1. The quantitative estimate of drug-likeness (QED) is 0.773. The van der Waals surface area contributed by atoms with E-state index in [0.29, 0.717) is 5.69 Å². The van der Waals surface area contributed by atoms with Crippen LogP contribution in [0.1, 0.15) is 28.4 Å². The molecule has 126 valence electrons. The number of anilines is 1. The maximum atomic E-state index is 12.2. The molecular weight excluding hydrogens is 374 g/mol. The number of phenols is 1. The van der Waals surface area contributed by atoms with Crippen LogP contribution in [0.25, 0.3) is 0 Å². The maximum Gasteiger partial charge on any atom is 0.342 e. The second kappa shape index (κ2) is 7.49. The number of rotatable bonds is 4. The summed E-state index contributed by atoms with van der Waals surface area (Å²) in [4.78, 5) is 24.3. The monoisotopic (exact) mass is 391 g/mol. The van der Waals surface area contributed by atoms with Crippen LogP contribution < -0.4 is 5.32 Å². The zero-order chi connectivity index (χ0) is 17.9. The molecule has 1 atom stereocenters. The van der Waals surface area contributed by atoms with Gasteiger partial charge in [-0.25, -0.2) is 4.79 Å². The van der Waals surface area contributed by atoms with Gasteiger partial charge in [-0.1, -0.05) is 17.7 Å². The fraction of sp³-hybridized carbons (Fsp3) is 0.222. The molecule has 0 saturated heterocycles. The fourth-order valence-electron chi connectivity index (χ4n) is 2.05. The van der Waals surface area contributed by atoms with Crippen LogP contribution in [0.15, 0.2) is 40.9 Å². The lowest BCUT2D eigenvalue weighted by Gasteiger charge is -2.15. The molecule has 2 aromatic rings. The summed E-state index contributed by atoms with van der Waals surface area (Å²) in [6.07, 6.45) is -1.01. The van der Waals surface area contributed by atoms with Crippen LogP contribution in [0.4, 0.5) is 5.69 Å². The van der Waals surface area contributed by atoms with Crippen LogP contribution in [0.2, 0.25) is 0 Å². The fourth-order valence-corrected chi connectivity index (χ4v) is 2.64. The van der Waals surface area contributed by atoms with Crippen molar-refractivity contribution in [2.24, 2.45) is 0 Å². The largest absolute Gasteiger partial charge is 0.507 e. The molecule has 2 aromatic carbocycles. The molecule has 0 radical (unpaired) electrons. The van der Waals surface area contributed by atoms with Gasteiger partial charge in [-0.05, 0) is 66.5 Å². The highest BCUT2D eigenvalue weighted by Crippen LogP contribution is 2.24. The van der Waals surface area contributed by atoms with Crippen molar-refractivity contribution in [3.8, 4) is 5.75 Å². The molecule has 24 heavy (non-hydrogen) atoms. The average Bonchev–Trinajstić information content (AvgIpc) is 2.52. The van der Waals surface area contributed by atoms with Gasteiger partial charge in [0.2, 0.25) is 0 Å². The van der Waals surface area contributed by atoms with Crippen LogP contribution in [-0.2, 0) is 9.53 Å². The molecule has 0 aliphatic carbocycles. The first-order valence-corrected chi connectivity index (χ1v) is 8.15. The van der Waals surface area contributed by atoms with E-state index in [9.17, 15) is 14.7 Å². The Kier molecular flexibility index (Phi) is 5.62. The van der Waals surface area contributed by atoms with Crippen molar-refractivity contribution < 1.29 is 19.4 Å². The highest BCUT2D eigenvalue weighted by Gasteiger charge is 2.21. The van der Waals surface area contributed by atoms with E-state index < -0.39 is 18.0 Å². The number of carbonyl (C=O) groups is 2. The highest BCUT2D eigenvalue weighted by molar-refractivity contribution is 9.10. The number of carbonyl (C=O) groups excluding carboxylic acids is 2. The van der Waals surface area contributed by atoms with Crippen molar-refractivity contribution in [2.45, 2.75) is 26.9 Å². The summed E-state index contributed by atoms with van der Waals surface area (Å²) in [5.41, 5.74) is 2.48. The van der Waals surface area contributed by atoms with E-state index in [-0.39, 0.29) is 11.3 Å². The summed E-state index contributed by atoms with van der Waals surface area (Å²) in [7, 11) is 0. The second-order valence-electron chi connectivity index (χ2n) is 5.54. The summed E-state index contributed by atoms with van der Waals surface area (Å²) in [5.74, 6) is -1.39. The van der Waals surface area contributed by atoms with Crippen molar-refractivity contribution in [3.63, 3.8) is 0 Å². The molecule has 0 aromatic heterocycles. The van der Waals surface area contributed by atoms with Gasteiger partial charge in [0.15, 0.2) is 6.10 Å². The molecule has 0 unspecified atom stereocenters. The number of aryl methyl sites for hydroxylation is 2. The Hall–Kier alpha value is -2.34. The first-order chi connectivity index (χ1) is 11.3. The number of benzene rings is 2. The summed E-state index contributed by atoms with van der Waals surface area (Å²) in [6.45, 7) is 5.21. The highest BCUT2D eigenvalue weighted by atomic mass is 79.9. The number of ether oxygens (including phenoxy) is 1. The van der Waals surface area contributed by atoms with Crippen molar-refractivity contribution in [2.75, 3.05) is 5.32 Å². The molecule has 2 rings (SSSR count). The Bertz CT molecular complexity index is 789. The standard InChI is InChI=1S/C18H18BrNO4/c1-10-5-7-16(21)13(8-10)18(23)24-12(3)17(22)20-15-6-4-11(2)9-14(15)19/h4-9,12,21H,1-3H3,(H,20,22)/t12-/m1/s1. The lowest BCUT2D eigenvalue weighted by Crippen LogP contribution is -2.30. The van der Waals surface area contributed by atoms with E-state index in [1.807, 2.05) is 19.1 Å². The van der Waals surface area contributed by atoms with Gasteiger partial charge >= 0.3 is 5.97 Å². The smallest absolute Gasteiger partial charge is 0.342 e. The summed E-state index contributed by atoms with van der Waals surface area (Å²) < 4.78 is 5.88. The van der Waals surface area contributed by atoms with E-state index in [0.717, 1.165) is 15.6 Å². The number of hydrogen-bond donors (Lipinski definition) is 2. The van der Waals surface area contributed by atoms with Gasteiger partial charge in [0.1, 0.15) is 11.3 Å². The van der Waals surface area contributed by atoms with Gasteiger partial charge in [0.25, 0.3) is 5.91 Å². The summed E-state index contributed by atoms with van der Waals surface area (Å²) in [6, 6.07) is 10.1. The van der Waals surface area contributed by atoms with Gasteiger partial charge in [0, 0.05) is 4.47 Å². The maximum absolute atomic E-state index is 12.2. The van der Waals surface area contributed by atoms with E-state index in [1.54, 1.807) is 19.1 Å². The van der Waals surface area contributed by atoms with Gasteiger partial charge in [-0.2, -0.15) is 0 Å². The molecule has 0 bridgehead atoms. The van der Waals surface area contributed by atoms with E-state index in [1.165, 1.54) is 19.1 Å². The number of hydrogen-bond acceptors (Lipinski definition) is 4. The number of aromatic hydroxyl groups is 1. The van der Waals surface area contributed by atoms with Gasteiger partial charge in [-0.15, -0.1) is 0 Å². The Balaban J connectivity index is 2.05. The van der Waals surface area contributed by atoms with Gasteiger partial charge < -0.3 is 15.2 Å². The van der Waals surface area contributed by atoms with Gasteiger partial charge in [0.05, 0.1) is 5.69 Å². The zero-order valence-electron chi connectivity index (χ0n) is 13.6. The van der Waals surface area contributed by atoms with E-state index >= 15 is 0 Å². The van der Waals surface area contributed by atoms with E-state index in [2.05, 4.69) is 21.2 Å². The molecule has 0 aliphatic heterocycles. The molecule has 0 saturated carbocycles. The molecule has 0 fully saturated rings. The van der Waals surface area contributed by atoms with Crippen LogP contribution in [0.5, 0.6) is 5.75 Å².